The molecule has 0 aromatic rings. The maximum atomic E-state index is 4.51. The van der Waals surface area contributed by atoms with E-state index in [1.54, 1.807) is 0 Å². The summed E-state index contributed by atoms with van der Waals surface area (Å²) < 4.78 is 0. The van der Waals surface area contributed by atoms with Crippen LogP contribution in [-0.4, -0.2) is 61.6 Å². The fraction of sp³-hybridized carbons (Fsp3) is 0.944. The summed E-state index contributed by atoms with van der Waals surface area (Å²) in [6.45, 7) is 8.39. The molecule has 1 unspecified atom stereocenters. The highest BCUT2D eigenvalue weighted by Crippen LogP contribution is 2.47. The highest BCUT2D eigenvalue weighted by atomic mass is 127. The van der Waals surface area contributed by atoms with Crippen LogP contribution in [0.15, 0.2) is 4.99 Å². The van der Waals surface area contributed by atoms with Crippen molar-refractivity contribution in [3.8, 4) is 0 Å². The molecule has 2 heterocycles. The number of aliphatic imine (C=N–C) groups is 1. The van der Waals surface area contributed by atoms with E-state index in [9.17, 15) is 0 Å². The summed E-state index contributed by atoms with van der Waals surface area (Å²) in [6, 6.07) is 0.783. The Bertz CT molecular complexity index is 394. The Hall–Kier alpha value is -0.0400. The van der Waals surface area contributed by atoms with Crippen LogP contribution in [-0.2, 0) is 0 Å². The van der Waals surface area contributed by atoms with E-state index in [-0.39, 0.29) is 24.0 Å². The molecule has 1 spiro atoms. The fourth-order valence-electron chi connectivity index (χ4n) is 4.51. The van der Waals surface area contributed by atoms with E-state index in [0.717, 1.165) is 18.5 Å². The van der Waals surface area contributed by atoms with Crippen molar-refractivity contribution in [3.05, 3.63) is 0 Å². The van der Waals surface area contributed by atoms with Gasteiger partial charge in [-0.2, -0.15) is 0 Å². The summed E-state index contributed by atoms with van der Waals surface area (Å²) in [7, 11) is 1.93. The molecule has 1 atom stereocenters. The molecule has 2 aliphatic heterocycles. The number of piperidine rings is 1. The van der Waals surface area contributed by atoms with Crippen molar-refractivity contribution in [1.29, 1.82) is 0 Å². The van der Waals surface area contributed by atoms with Gasteiger partial charge in [-0.3, -0.25) is 4.99 Å². The van der Waals surface area contributed by atoms with Crippen molar-refractivity contribution in [2.75, 3.05) is 39.8 Å². The van der Waals surface area contributed by atoms with Gasteiger partial charge in [0, 0.05) is 39.3 Å². The lowest BCUT2D eigenvalue weighted by atomic mass is 9.68. The molecule has 1 aliphatic carbocycles. The molecule has 0 bridgehead atoms. The van der Waals surface area contributed by atoms with E-state index >= 15 is 0 Å². The van der Waals surface area contributed by atoms with E-state index in [2.05, 4.69) is 27.0 Å². The van der Waals surface area contributed by atoms with Gasteiger partial charge in [0.15, 0.2) is 5.96 Å². The quantitative estimate of drug-likeness (QED) is 0.319. The first-order valence-electron chi connectivity index (χ1n) is 9.42. The maximum Gasteiger partial charge on any atom is 0.193 e. The molecule has 0 amide bonds. The van der Waals surface area contributed by atoms with Gasteiger partial charge in [0.05, 0.1) is 0 Å². The monoisotopic (exact) mass is 434 g/mol. The van der Waals surface area contributed by atoms with Crippen molar-refractivity contribution < 1.29 is 0 Å². The molecule has 0 aromatic carbocycles. The van der Waals surface area contributed by atoms with E-state index in [0.29, 0.717) is 5.41 Å². The van der Waals surface area contributed by atoms with Crippen LogP contribution in [0.1, 0.15) is 58.3 Å². The first-order valence-corrected chi connectivity index (χ1v) is 9.42. The van der Waals surface area contributed by atoms with Crippen LogP contribution >= 0.6 is 24.0 Å². The van der Waals surface area contributed by atoms with Gasteiger partial charge in [-0.25, -0.2) is 0 Å². The van der Waals surface area contributed by atoms with E-state index in [4.69, 9.17) is 0 Å². The average molecular weight is 434 g/mol. The highest BCUT2D eigenvalue weighted by molar-refractivity contribution is 14.0. The summed E-state index contributed by atoms with van der Waals surface area (Å²) in [6.07, 6.45) is 11.1. The average Bonchev–Trinajstić information content (AvgIpc) is 2.95. The fourth-order valence-corrected chi connectivity index (χ4v) is 4.51. The van der Waals surface area contributed by atoms with E-state index < -0.39 is 0 Å². The van der Waals surface area contributed by atoms with Crippen LogP contribution in [0.5, 0.6) is 0 Å². The number of hydrogen-bond donors (Lipinski definition) is 1. The van der Waals surface area contributed by atoms with Gasteiger partial charge < -0.3 is 15.1 Å². The largest absolute Gasteiger partial charge is 0.356 e. The Labute approximate surface area is 159 Å². The predicted molar refractivity (Wildman–Crippen MR) is 109 cm³/mol. The third kappa shape index (κ3) is 4.74. The molecule has 3 fully saturated rings. The summed E-state index contributed by atoms with van der Waals surface area (Å²) in [4.78, 5) is 9.66. The molecule has 0 aromatic heterocycles. The molecule has 1 N–H and O–H groups in total. The number of nitrogens with one attached hydrogen (secondary N) is 1. The summed E-state index contributed by atoms with van der Waals surface area (Å²) >= 11 is 0. The number of guanidine groups is 1. The lowest BCUT2D eigenvalue weighted by Crippen LogP contribution is -2.44. The van der Waals surface area contributed by atoms with Crippen molar-refractivity contribution in [2.45, 2.75) is 64.3 Å². The first-order chi connectivity index (χ1) is 10.7. The van der Waals surface area contributed by atoms with Crippen LogP contribution in [0, 0.1) is 5.41 Å². The molecule has 1 saturated carbocycles. The molecule has 5 heteroatoms. The van der Waals surface area contributed by atoms with Gasteiger partial charge in [-0.15, -0.1) is 24.0 Å². The van der Waals surface area contributed by atoms with Crippen LogP contribution in [0.2, 0.25) is 0 Å². The topological polar surface area (TPSA) is 30.9 Å². The Kier molecular flexibility index (Phi) is 7.45. The lowest BCUT2D eigenvalue weighted by Gasteiger charge is -2.38. The zero-order valence-electron chi connectivity index (χ0n) is 15.0. The molecule has 3 aliphatic rings. The SMILES string of the molecule is CN=C(NCCCN1CCCCC1C)N1CCC2(CCC2)C1.I. The van der Waals surface area contributed by atoms with E-state index in [1.165, 1.54) is 77.5 Å². The van der Waals surface area contributed by atoms with Gasteiger partial charge in [0.2, 0.25) is 0 Å². The number of likely N-dealkylation sites (tertiary alicyclic amines) is 2. The molecule has 23 heavy (non-hydrogen) atoms. The highest BCUT2D eigenvalue weighted by Gasteiger charge is 2.43. The van der Waals surface area contributed by atoms with Crippen LogP contribution in [0.25, 0.3) is 0 Å². The molecular weight excluding hydrogens is 399 g/mol. The number of hydrogen-bond acceptors (Lipinski definition) is 2. The molecule has 3 rings (SSSR count). The molecule has 0 radical (unpaired) electrons. The Morgan fingerprint density at radius 2 is 2.00 bits per heavy atom. The summed E-state index contributed by atoms with van der Waals surface area (Å²) in [5.41, 5.74) is 0.654. The number of nitrogens with zero attached hydrogens (tertiary/aromatic N) is 3. The smallest absolute Gasteiger partial charge is 0.193 e. The summed E-state index contributed by atoms with van der Waals surface area (Å²) in [5, 5.41) is 3.60. The maximum absolute atomic E-state index is 4.51. The third-order valence-electron chi connectivity index (χ3n) is 6.21. The zero-order chi connectivity index (χ0) is 15.4. The molecule has 134 valence electrons. The number of halogens is 1. The Morgan fingerprint density at radius 1 is 1.17 bits per heavy atom. The van der Waals surface area contributed by atoms with Crippen LogP contribution in [0.4, 0.5) is 0 Å². The second-order valence-corrected chi connectivity index (χ2v) is 7.73. The second kappa shape index (κ2) is 8.88. The predicted octanol–water partition coefficient (Wildman–Crippen LogP) is 3.32. The number of rotatable bonds is 4. The van der Waals surface area contributed by atoms with Gasteiger partial charge in [-0.05, 0) is 57.4 Å². The van der Waals surface area contributed by atoms with Crippen molar-refractivity contribution in [2.24, 2.45) is 10.4 Å². The first kappa shape index (κ1) is 19.3. The zero-order valence-corrected chi connectivity index (χ0v) is 17.3. The Morgan fingerprint density at radius 3 is 2.61 bits per heavy atom. The Balaban J connectivity index is 0.00000192. The standard InChI is InChI=1S/C18H34N4.HI/c1-16-7-3-4-12-21(16)13-6-11-20-17(19-2)22-14-10-18(15-22)8-5-9-18;/h16H,3-15H2,1-2H3,(H,19,20);1H. The molecular formula is C18H35IN4. The van der Waals surface area contributed by atoms with Gasteiger partial charge >= 0.3 is 0 Å². The minimum absolute atomic E-state index is 0. The third-order valence-corrected chi connectivity index (χ3v) is 6.21. The van der Waals surface area contributed by atoms with Crippen molar-refractivity contribution in [1.82, 2.24) is 15.1 Å². The second-order valence-electron chi connectivity index (χ2n) is 7.73. The minimum atomic E-state index is 0. The lowest BCUT2D eigenvalue weighted by molar-refractivity contribution is 0.151. The van der Waals surface area contributed by atoms with Gasteiger partial charge in [0.1, 0.15) is 0 Å². The van der Waals surface area contributed by atoms with Gasteiger partial charge in [0.25, 0.3) is 0 Å². The van der Waals surface area contributed by atoms with Crippen molar-refractivity contribution in [3.63, 3.8) is 0 Å². The molecule has 4 nitrogen and oxygen atoms in total. The summed E-state index contributed by atoms with van der Waals surface area (Å²) in [5.74, 6) is 1.13. The van der Waals surface area contributed by atoms with Crippen LogP contribution < -0.4 is 5.32 Å². The van der Waals surface area contributed by atoms with E-state index in [1.807, 2.05) is 7.05 Å². The normalized spacial score (nSPS) is 27.7. The molecule has 2 saturated heterocycles. The van der Waals surface area contributed by atoms with Crippen molar-refractivity contribution >= 4 is 29.9 Å². The van der Waals surface area contributed by atoms with Gasteiger partial charge in [-0.1, -0.05) is 12.8 Å². The van der Waals surface area contributed by atoms with Crippen LogP contribution in [0.3, 0.4) is 0 Å². The minimum Gasteiger partial charge on any atom is -0.356 e.